The lowest BCUT2D eigenvalue weighted by Gasteiger charge is -2.32. The van der Waals surface area contributed by atoms with Gasteiger partial charge in [-0.1, -0.05) is 32.9 Å². The smallest absolute Gasteiger partial charge is 0.257 e. The van der Waals surface area contributed by atoms with Gasteiger partial charge in [-0.25, -0.2) is 13.1 Å². The van der Waals surface area contributed by atoms with Crippen LogP contribution < -0.4 is 9.46 Å². The van der Waals surface area contributed by atoms with Gasteiger partial charge in [-0.15, -0.1) is 0 Å². The lowest BCUT2D eigenvalue weighted by Crippen LogP contribution is -2.44. The van der Waals surface area contributed by atoms with Crippen LogP contribution in [0.2, 0.25) is 0 Å². The van der Waals surface area contributed by atoms with Crippen molar-refractivity contribution in [3.8, 4) is 5.75 Å². The number of benzene rings is 1. The number of carbonyl (C=O) groups excluding carboxylic acids is 2. The van der Waals surface area contributed by atoms with Crippen LogP contribution in [0.1, 0.15) is 50.9 Å². The predicted molar refractivity (Wildman–Crippen MR) is 124 cm³/mol. The normalized spacial score (nSPS) is 19.1. The molecule has 178 valence electrons. The van der Waals surface area contributed by atoms with Crippen LogP contribution in [0.25, 0.3) is 0 Å². The van der Waals surface area contributed by atoms with Gasteiger partial charge in [0.2, 0.25) is 15.9 Å². The first-order chi connectivity index (χ1) is 15.1. The number of hydrogen-bond acceptors (Lipinski definition) is 5. The lowest BCUT2D eigenvalue weighted by molar-refractivity contribution is -0.131. The number of amides is 2. The van der Waals surface area contributed by atoms with Crippen molar-refractivity contribution in [2.75, 3.05) is 33.3 Å². The minimum Gasteiger partial charge on any atom is -0.491 e. The van der Waals surface area contributed by atoms with Crippen molar-refractivity contribution < 1.29 is 22.7 Å². The Morgan fingerprint density at radius 1 is 1.25 bits per heavy atom. The van der Waals surface area contributed by atoms with E-state index in [-0.39, 0.29) is 34.9 Å². The van der Waals surface area contributed by atoms with E-state index >= 15 is 0 Å². The molecular weight excluding hydrogens is 430 g/mol. The van der Waals surface area contributed by atoms with E-state index in [0.29, 0.717) is 37.7 Å². The molecule has 2 amide bonds. The Labute approximate surface area is 191 Å². The van der Waals surface area contributed by atoms with Crippen LogP contribution in [0.4, 0.5) is 0 Å². The third-order valence-corrected chi connectivity index (χ3v) is 6.71. The molecule has 32 heavy (non-hydrogen) atoms. The van der Waals surface area contributed by atoms with Crippen molar-refractivity contribution in [1.82, 2.24) is 14.5 Å². The van der Waals surface area contributed by atoms with E-state index in [0.717, 1.165) is 6.42 Å². The summed E-state index contributed by atoms with van der Waals surface area (Å²) in [7, 11) is -2.10. The van der Waals surface area contributed by atoms with Crippen LogP contribution in [0.3, 0.4) is 0 Å². The Morgan fingerprint density at radius 3 is 2.56 bits per heavy atom. The predicted octanol–water partition coefficient (Wildman–Crippen LogP) is 2.66. The fraction of sp³-hybridized carbons (Fsp3) is 0.565. The third kappa shape index (κ3) is 6.80. The number of carbonyl (C=O) groups is 2. The number of hydrogen-bond donors (Lipinski definition) is 1. The molecule has 0 fully saturated rings. The molecule has 0 spiro atoms. The number of fused-ring (bicyclic) bond motifs is 1. The summed E-state index contributed by atoms with van der Waals surface area (Å²) < 4.78 is 33.8. The lowest BCUT2D eigenvalue weighted by atomic mass is 10.0. The van der Waals surface area contributed by atoms with Crippen LogP contribution >= 0.6 is 0 Å². The minimum atomic E-state index is -3.74. The SMILES string of the molecule is CCCNS(=O)(=O)c1ccc2c(c1)C(=O)N(C)C/C=C/CN(C(C)=O)[C@H](CC(C)C)CO2. The van der Waals surface area contributed by atoms with E-state index in [4.69, 9.17) is 4.74 Å². The Balaban J connectivity index is 2.48. The first-order valence-corrected chi connectivity index (χ1v) is 12.5. The van der Waals surface area contributed by atoms with Crippen molar-refractivity contribution in [2.24, 2.45) is 5.92 Å². The van der Waals surface area contributed by atoms with Crippen molar-refractivity contribution in [1.29, 1.82) is 0 Å². The average molecular weight is 466 g/mol. The highest BCUT2D eigenvalue weighted by atomic mass is 32.2. The van der Waals surface area contributed by atoms with Gasteiger partial charge in [0.25, 0.3) is 5.91 Å². The largest absolute Gasteiger partial charge is 0.491 e. The van der Waals surface area contributed by atoms with Gasteiger partial charge in [-0.3, -0.25) is 9.59 Å². The maximum Gasteiger partial charge on any atom is 0.257 e. The second kappa shape index (κ2) is 11.5. The molecule has 1 aliphatic rings. The molecule has 1 aliphatic heterocycles. The number of likely N-dealkylation sites (N-methyl/N-ethyl adjacent to an activating group) is 1. The van der Waals surface area contributed by atoms with Gasteiger partial charge in [0.05, 0.1) is 16.5 Å². The second-order valence-electron chi connectivity index (χ2n) is 8.48. The Bertz CT molecular complexity index is 943. The second-order valence-corrected chi connectivity index (χ2v) is 10.2. The fourth-order valence-corrected chi connectivity index (χ4v) is 4.71. The minimum absolute atomic E-state index is 0.0155. The first kappa shape index (κ1) is 25.9. The number of nitrogens with zero attached hydrogens (tertiary/aromatic N) is 2. The van der Waals surface area contributed by atoms with Gasteiger partial charge in [-0.2, -0.15) is 0 Å². The summed E-state index contributed by atoms with van der Waals surface area (Å²) in [6, 6.07) is 4.15. The van der Waals surface area contributed by atoms with Crippen LogP contribution in [-0.4, -0.2) is 69.4 Å². The van der Waals surface area contributed by atoms with Crippen LogP contribution in [-0.2, 0) is 14.8 Å². The van der Waals surface area contributed by atoms with Gasteiger partial charge < -0.3 is 14.5 Å². The van der Waals surface area contributed by atoms with E-state index in [1.807, 2.05) is 19.1 Å². The third-order valence-electron chi connectivity index (χ3n) is 5.25. The molecule has 8 nitrogen and oxygen atoms in total. The average Bonchev–Trinajstić information content (AvgIpc) is 2.73. The van der Waals surface area contributed by atoms with Crippen LogP contribution in [0, 0.1) is 5.92 Å². The van der Waals surface area contributed by atoms with Gasteiger partial charge in [-0.05, 0) is 37.0 Å². The van der Waals surface area contributed by atoms with E-state index in [1.54, 1.807) is 11.9 Å². The summed E-state index contributed by atoms with van der Waals surface area (Å²) in [4.78, 5) is 28.7. The summed E-state index contributed by atoms with van der Waals surface area (Å²) in [5, 5.41) is 0. The molecule has 1 aromatic carbocycles. The molecule has 2 rings (SSSR count). The molecule has 0 bridgehead atoms. The van der Waals surface area contributed by atoms with Crippen molar-refractivity contribution >= 4 is 21.8 Å². The Morgan fingerprint density at radius 2 is 1.94 bits per heavy atom. The van der Waals surface area contributed by atoms with Crippen LogP contribution in [0.5, 0.6) is 5.75 Å². The molecule has 1 atom stereocenters. The summed E-state index contributed by atoms with van der Waals surface area (Å²) in [6.07, 6.45) is 5.11. The van der Waals surface area contributed by atoms with Crippen LogP contribution in [0.15, 0.2) is 35.2 Å². The summed E-state index contributed by atoms with van der Waals surface area (Å²) in [5.41, 5.74) is 0.179. The molecule has 0 aromatic heterocycles. The molecule has 0 saturated heterocycles. The van der Waals surface area contributed by atoms with Gasteiger partial charge in [0, 0.05) is 33.6 Å². The molecule has 1 N–H and O–H groups in total. The van der Waals surface area contributed by atoms with E-state index in [2.05, 4.69) is 18.6 Å². The highest BCUT2D eigenvalue weighted by Gasteiger charge is 2.26. The van der Waals surface area contributed by atoms with Gasteiger partial charge >= 0.3 is 0 Å². The molecule has 0 aliphatic carbocycles. The fourth-order valence-electron chi connectivity index (χ4n) is 3.55. The Hall–Kier alpha value is -2.39. The highest BCUT2D eigenvalue weighted by Crippen LogP contribution is 2.26. The van der Waals surface area contributed by atoms with Crippen molar-refractivity contribution in [3.63, 3.8) is 0 Å². The Kier molecular flexibility index (Phi) is 9.27. The highest BCUT2D eigenvalue weighted by molar-refractivity contribution is 7.89. The molecule has 0 saturated carbocycles. The monoisotopic (exact) mass is 465 g/mol. The van der Waals surface area contributed by atoms with Gasteiger partial charge in [0.15, 0.2) is 0 Å². The van der Waals surface area contributed by atoms with E-state index < -0.39 is 10.0 Å². The topological polar surface area (TPSA) is 96.0 Å². The number of nitrogens with one attached hydrogen (secondary N) is 1. The zero-order valence-corrected chi connectivity index (χ0v) is 20.4. The zero-order valence-electron chi connectivity index (χ0n) is 19.6. The molecular formula is C23H35N3O5S. The number of ether oxygens (including phenoxy) is 1. The molecule has 9 heteroatoms. The quantitative estimate of drug-likeness (QED) is 0.652. The van der Waals surface area contributed by atoms with Crippen molar-refractivity contribution in [3.05, 3.63) is 35.9 Å². The van der Waals surface area contributed by atoms with Gasteiger partial charge in [0.1, 0.15) is 12.4 Å². The maximum absolute atomic E-state index is 13.1. The molecule has 1 heterocycles. The molecule has 1 aromatic rings. The van der Waals surface area contributed by atoms with Crippen molar-refractivity contribution in [2.45, 2.75) is 51.5 Å². The number of rotatable bonds is 6. The maximum atomic E-state index is 13.1. The van der Waals surface area contributed by atoms with E-state index in [9.17, 15) is 18.0 Å². The zero-order chi connectivity index (χ0) is 23.9. The summed E-state index contributed by atoms with van der Waals surface area (Å²) >= 11 is 0. The standard InChI is InChI=1S/C23H35N3O5S/c1-6-11-24-32(29,30)20-9-10-22-21(15-20)23(28)25(5)12-7-8-13-26(18(4)27)19(16-31-22)14-17(2)3/h7-10,15,17,19,24H,6,11-14,16H2,1-5H3/b8-7+/t19-/m1/s1. The first-order valence-electron chi connectivity index (χ1n) is 11.0. The van der Waals surface area contributed by atoms with E-state index in [1.165, 1.54) is 30.0 Å². The number of sulfonamides is 1. The summed E-state index contributed by atoms with van der Waals surface area (Å²) in [5.74, 6) is 0.264. The summed E-state index contributed by atoms with van der Waals surface area (Å²) in [6.45, 7) is 8.85. The molecule has 0 unspecified atom stereocenters. The molecule has 0 radical (unpaired) electrons.